The average Bonchev–Trinajstić information content (AvgIpc) is 2.34. The Balaban J connectivity index is 2.30. The van der Waals surface area contributed by atoms with Gasteiger partial charge in [-0.15, -0.1) is 0 Å². The Morgan fingerprint density at radius 2 is 2.67 bits per heavy atom. The molecule has 2 heteroatoms. The third-order valence-electron chi connectivity index (χ3n) is 1.15. The van der Waals surface area contributed by atoms with Crippen LogP contribution >= 0.6 is 0 Å². The monoisotopic (exact) mass is 123 g/mol. The Labute approximate surface area is 55.3 Å². The van der Waals surface area contributed by atoms with Gasteiger partial charge in [0.05, 0.1) is 0 Å². The summed E-state index contributed by atoms with van der Waals surface area (Å²) in [5.74, 6) is 0.983. The molecule has 0 saturated carbocycles. The molecular weight excluding hydrogens is 112 g/mol. The van der Waals surface area contributed by atoms with Crippen molar-refractivity contribution in [3.05, 3.63) is 24.6 Å². The Morgan fingerprint density at radius 1 is 1.78 bits per heavy atom. The minimum Gasteiger partial charge on any atom is -0.348 e. The van der Waals surface area contributed by atoms with Crippen molar-refractivity contribution < 1.29 is 0 Å². The van der Waals surface area contributed by atoms with E-state index in [0.717, 1.165) is 12.2 Å². The standard InChI is InChI=1S/C7H11N2/c1-2-3-4-7-8-5-6-9-7/h4-6H,2-3H2,1H3,(H,8,9). The number of aromatic amines is 1. The maximum Gasteiger partial charge on any atom is 0.109 e. The van der Waals surface area contributed by atoms with Crippen LogP contribution in [0.15, 0.2) is 12.4 Å². The first kappa shape index (κ1) is 6.33. The molecule has 2 nitrogen and oxygen atoms in total. The SMILES string of the molecule is CCC[CH]c1ncc[nH]1. The molecule has 1 aromatic heterocycles. The van der Waals surface area contributed by atoms with Crippen molar-refractivity contribution in [1.29, 1.82) is 0 Å². The predicted octanol–water partition coefficient (Wildman–Crippen LogP) is 1.76. The number of nitrogens with one attached hydrogen (secondary N) is 1. The van der Waals surface area contributed by atoms with Gasteiger partial charge in [0.15, 0.2) is 0 Å². The van der Waals surface area contributed by atoms with Gasteiger partial charge in [-0.2, -0.15) is 0 Å². The molecule has 0 saturated heterocycles. The molecule has 0 unspecified atom stereocenters. The summed E-state index contributed by atoms with van der Waals surface area (Å²) in [6.07, 6.45) is 7.98. The summed E-state index contributed by atoms with van der Waals surface area (Å²) in [6.45, 7) is 2.15. The topological polar surface area (TPSA) is 28.7 Å². The van der Waals surface area contributed by atoms with Crippen LogP contribution in [-0.4, -0.2) is 9.97 Å². The maximum atomic E-state index is 4.04. The van der Waals surface area contributed by atoms with Crippen molar-refractivity contribution >= 4 is 0 Å². The van der Waals surface area contributed by atoms with Gasteiger partial charge in [-0.25, -0.2) is 4.98 Å². The maximum absolute atomic E-state index is 4.04. The van der Waals surface area contributed by atoms with Crippen molar-refractivity contribution in [3.63, 3.8) is 0 Å². The second kappa shape index (κ2) is 3.28. The summed E-state index contributed by atoms with van der Waals surface area (Å²) >= 11 is 0. The molecule has 0 aliphatic heterocycles. The number of unbranched alkanes of at least 4 members (excludes halogenated alkanes) is 1. The zero-order chi connectivity index (χ0) is 6.53. The molecule has 1 rings (SSSR count). The average molecular weight is 123 g/mol. The second-order valence-corrected chi connectivity index (χ2v) is 1.97. The normalized spacial score (nSPS) is 9.89. The molecule has 0 aromatic carbocycles. The van der Waals surface area contributed by atoms with Crippen LogP contribution in [0.1, 0.15) is 25.6 Å². The first-order chi connectivity index (χ1) is 4.43. The highest BCUT2D eigenvalue weighted by Crippen LogP contribution is 1.99. The molecule has 0 bridgehead atoms. The van der Waals surface area contributed by atoms with Gasteiger partial charge in [0.2, 0.25) is 0 Å². The Bertz CT molecular complexity index is 144. The van der Waals surface area contributed by atoms with Gasteiger partial charge < -0.3 is 4.98 Å². The van der Waals surface area contributed by atoms with E-state index >= 15 is 0 Å². The van der Waals surface area contributed by atoms with E-state index in [1.54, 1.807) is 6.20 Å². The summed E-state index contributed by atoms with van der Waals surface area (Å²) < 4.78 is 0. The van der Waals surface area contributed by atoms with Crippen LogP contribution in [0, 0.1) is 6.42 Å². The molecule has 0 spiro atoms. The fourth-order valence-electron chi connectivity index (χ4n) is 0.670. The highest BCUT2D eigenvalue weighted by molar-refractivity contribution is 4.99. The number of hydrogen-bond acceptors (Lipinski definition) is 1. The third-order valence-corrected chi connectivity index (χ3v) is 1.15. The van der Waals surface area contributed by atoms with Gasteiger partial charge in [0.1, 0.15) is 5.82 Å². The number of imidazole rings is 1. The van der Waals surface area contributed by atoms with Gasteiger partial charge in [0.25, 0.3) is 0 Å². The number of aromatic nitrogens is 2. The minimum atomic E-state index is 0.983. The van der Waals surface area contributed by atoms with Crippen LogP contribution in [0.2, 0.25) is 0 Å². The van der Waals surface area contributed by atoms with Crippen molar-refractivity contribution in [1.82, 2.24) is 9.97 Å². The Morgan fingerprint density at radius 3 is 3.22 bits per heavy atom. The fourth-order valence-corrected chi connectivity index (χ4v) is 0.670. The summed E-state index contributed by atoms with van der Waals surface area (Å²) in [6, 6.07) is 0. The van der Waals surface area contributed by atoms with E-state index in [2.05, 4.69) is 23.3 Å². The van der Waals surface area contributed by atoms with E-state index in [1.807, 2.05) is 6.20 Å². The van der Waals surface area contributed by atoms with Gasteiger partial charge in [-0.1, -0.05) is 13.3 Å². The van der Waals surface area contributed by atoms with Gasteiger partial charge >= 0.3 is 0 Å². The molecule has 1 aromatic rings. The van der Waals surface area contributed by atoms with Crippen molar-refractivity contribution in [3.8, 4) is 0 Å². The highest BCUT2D eigenvalue weighted by atomic mass is 14.9. The molecule has 49 valence electrons. The molecule has 9 heavy (non-hydrogen) atoms. The molecule has 1 heterocycles. The van der Waals surface area contributed by atoms with Crippen molar-refractivity contribution in [2.24, 2.45) is 0 Å². The zero-order valence-electron chi connectivity index (χ0n) is 5.59. The van der Waals surface area contributed by atoms with Crippen LogP contribution in [0.4, 0.5) is 0 Å². The summed E-state index contributed by atoms with van der Waals surface area (Å²) in [5.41, 5.74) is 0. The molecule has 0 aliphatic rings. The minimum absolute atomic E-state index is 0.983. The smallest absolute Gasteiger partial charge is 0.109 e. The van der Waals surface area contributed by atoms with Crippen LogP contribution in [0.25, 0.3) is 0 Å². The van der Waals surface area contributed by atoms with Crippen molar-refractivity contribution in [2.45, 2.75) is 19.8 Å². The summed E-state index contributed by atoms with van der Waals surface area (Å²) in [4.78, 5) is 7.05. The highest BCUT2D eigenvalue weighted by Gasteiger charge is 1.90. The summed E-state index contributed by atoms with van der Waals surface area (Å²) in [7, 11) is 0. The molecule has 0 fully saturated rings. The third kappa shape index (κ3) is 1.88. The largest absolute Gasteiger partial charge is 0.348 e. The van der Waals surface area contributed by atoms with Crippen molar-refractivity contribution in [2.75, 3.05) is 0 Å². The number of rotatable bonds is 3. The van der Waals surface area contributed by atoms with E-state index in [1.165, 1.54) is 6.42 Å². The van der Waals surface area contributed by atoms with Crippen LogP contribution < -0.4 is 0 Å². The van der Waals surface area contributed by atoms with Gasteiger partial charge in [0, 0.05) is 18.8 Å². The lowest BCUT2D eigenvalue weighted by Gasteiger charge is -1.89. The molecule has 0 amide bonds. The quantitative estimate of drug-likeness (QED) is 0.651. The molecule has 1 radical (unpaired) electrons. The number of H-pyrrole nitrogens is 1. The lowest BCUT2D eigenvalue weighted by Crippen LogP contribution is -1.82. The fraction of sp³-hybridized carbons (Fsp3) is 0.429. The number of hydrogen-bond donors (Lipinski definition) is 1. The Hall–Kier alpha value is -0.790. The lowest BCUT2D eigenvalue weighted by molar-refractivity contribution is 0.890. The first-order valence-corrected chi connectivity index (χ1v) is 3.26. The van der Waals surface area contributed by atoms with Crippen LogP contribution in [-0.2, 0) is 0 Å². The van der Waals surface area contributed by atoms with E-state index in [0.29, 0.717) is 0 Å². The predicted molar refractivity (Wildman–Crippen MR) is 36.9 cm³/mol. The van der Waals surface area contributed by atoms with E-state index in [4.69, 9.17) is 0 Å². The van der Waals surface area contributed by atoms with Gasteiger partial charge in [-0.05, 0) is 6.42 Å². The zero-order valence-corrected chi connectivity index (χ0v) is 5.59. The van der Waals surface area contributed by atoms with E-state index < -0.39 is 0 Å². The van der Waals surface area contributed by atoms with E-state index in [9.17, 15) is 0 Å². The lowest BCUT2D eigenvalue weighted by atomic mass is 10.2. The molecular formula is C7H11N2. The molecule has 0 aliphatic carbocycles. The van der Waals surface area contributed by atoms with Gasteiger partial charge in [-0.3, -0.25) is 0 Å². The first-order valence-electron chi connectivity index (χ1n) is 3.26. The molecule has 0 atom stereocenters. The Kier molecular flexibility index (Phi) is 2.31. The number of nitrogens with zero attached hydrogens (tertiary/aromatic N) is 1. The van der Waals surface area contributed by atoms with Crippen LogP contribution in [0.5, 0.6) is 0 Å². The molecule has 1 N–H and O–H groups in total. The second-order valence-electron chi connectivity index (χ2n) is 1.97. The van der Waals surface area contributed by atoms with Crippen LogP contribution in [0.3, 0.4) is 0 Å². The summed E-state index contributed by atoms with van der Waals surface area (Å²) in [5, 5.41) is 0. The van der Waals surface area contributed by atoms with E-state index in [-0.39, 0.29) is 0 Å².